The van der Waals surface area contributed by atoms with Crippen molar-refractivity contribution in [2.75, 3.05) is 25.1 Å². The molecule has 0 radical (unpaired) electrons. The highest BCUT2D eigenvalue weighted by Crippen LogP contribution is 2.30. The summed E-state index contributed by atoms with van der Waals surface area (Å²) in [7, 11) is 1.43. The van der Waals surface area contributed by atoms with E-state index >= 15 is 0 Å². The third kappa shape index (κ3) is 2.27. The minimum absolute atomic E-state index is 0.172. The van der Waals surface area contributed by atoms with Crippen LogP contribution >= 0.6 is 0 Å². The second-order valence-electron chi connectivity index (χ2n) is 4.94. The van der Waals surface area contributed by atoms with Crippen molar-refractivity contribution in [3.63, 3.8) is 0 Å². The van der Waals surface area contributed by atoms with Crippen LogP contribution in [0.3, 0.4) is 0 Å². The van der Waals surface area contributed by atoms with Crippen LogP contribution in [0.5, 0.6) is 5.75 Å². The normalized spacial score (nSPS) is 19.4. The molecule has 0 saturated carbocycles. The summed E-state index contributed by atoms with van der Waals surface area (Å²) in [6, 6.07) is 2.96. The zero-order chi connectivity index (χ0) is 14.1. The zero-order valence-corrected chi connectivity index (χ0v) is 11.2. The minimum Gasteiger partial charge on any atom is -0.494 e. The molecular weight excluding hydrogens is 261 g/mol. The highest BCUT2D eigenvalue weighted by molar-refractivity contribution is 5.90. The van der Waals surface area contributed by atoms with Gasteiger partial charge in [0.2, 0.25) is 0 Å². The molecule has 1 fully saturated rings. The first-order valence-corrected chi connectivity index (χ1v) is 6.60. The van der Waals surface area contributed by atoms with Gasteiger partial charge in [0.1, 0.15) is 12.1 Å². The molecule has 1 atom stereocenters. The van der Waals surface area contributed by atoms with Gasteiger partial charge in [-0.3, -0.25) is 0 Å². The maximum Gasteiger partial charge on any atom is 0.167 e. The van der Waals surface area contributed by atoms with Crippen molar-refractivity contribution in [3.05, 3.63) is 24.3 Å². The van der Waals surface area contributed by atoms with E-state index < -0.39 is 5.82 Å². The molecule has 1 unspecified atom stereocenters. The zero-order valence-electron chi connectivity index (χ0n) is 11.2. The smallest absolute Gasteiger partial charge is 0.167 e. The molecule has 0 aliphatic carbocycles. The van der Waals surface area contributed by atoms with Crippen molar-refractivity contribution in [1.82, 2.24) is 9.97 Å². The SMILES string of the molecule is COc1cc2c(N3CCCC(O)C3)ncnc2cc1F. The van der Waals surface area contributed by atoms with Crippen LogP contribution in [-0.4, -0.2) is 41.4 Å². The number of hydrogen-bond acceptors (Lipinski definition) is 5. The molecule has 1 aliphatic heterocycles. The average molecular weight is 277 g/mol. The Labute approximate surface area is 116 Å². The predicted molar refractivity (Wildman–Crippen MR) is 73.5 cm³/mol. The number of fused-ring (bicyclic) bond motifs is 1. The summed E-state index contributed by atoms with van der Waals surface area (Å²) < 4.78 is 18.7. The van der Waals surface area contributed by atoms with Crippen LogP contribution in [0.4, 0.5) is 10.2 Å². The minimum atomic E-state index is -0.441. The maximum absolute atomic E-state index is 13.7. The van der Waals surface area contributed by atoms with E-state index in [-0.39, 0.29) is 11.9 Å². The maximum atomic E-state index is 13.7. The van der Waals surface area contributed by atoms with Crippen molar-refractivity contribution >= 4 is 16.7 Å². The molecule has 1 N–H and O–H groups in total. The molecule has 1 aliphatic rings. The molecule has 1 aromatic carbocycles. The fraction of sp³-hybridized carbons (Fsp3) is 0.429. The molecular formula is C14H16FN3O2. The summed E-state index contributed by atoms with van der Waals surface area (Å²) in [6.45, 7) is 1.36. The van der Waals surface area contributed by atoms with E-state index in [1.54, 1.807) is 6.07 Å². The number of β-amino-alcohol motifs (C(OH)–C–C–N with tert-alkyl or cyclic N) is 1. The first-order chi connectivity index (χ1) is 9.69. The molecule has 20 heavy (non-hydrogen) atoms. The lowest BCUT2D eigenvalue weighted by molar-refractivity contribution is 0.154. The first-order valence-electron chi connectivity index (χ1n) is 6.60. The summed E-state index contributed by atoms with van der Waals surface area (Å²) in [6.07, 6.45) is 2.78. The number of methoxy groups -OCH3 is 1. The van der Waals surface area contributed by atoms with Gasteiger partial charge in [-0.1, -0.05) is 0 Å². The predicted octanol–water partition coefficient (Wildman–Crippen LogP) is 1.74. The number of ether oxygens (including phenoxy) is 1. The van der Waals surface area contributed by atoms with Crippen LogP contribution in [0.15, 0.2) is 18.5 Å². The Balaban J connectivity index is 2.10. The van der Waals surface area contributed by atoms with Gasteiger partial charge in [0, 0.05) is 24.5 Å². The van der Waals surface area contributed by atoms with Gasteiger partial charge in [0.05, 0.1) is 18.7 Å². The molecule has 0 bridgehead atoms. The average Bonchev–Trinajstić information content (AvgIpc) is 2.45. The standard InChI is InChI=1S/C14H16FN3O2/c1-20-13-5-10-12(6-11(13)15)16-8-17-14(10)18-4-2-3-9(19)7-18/h5-6,8-9,19H,2-4,7H2,1H3. The number of piperidine rings is 1. The van der Waals surface area contributed by atoms with Crippen LogP contribution in [0.25, 0.3) is 10.9 Å². The van der Waals surface area contributed by atoms with Gasteiger partial charge in [-0.25, -0.2) is 14.4 Å². The lowest BCUT2D eigenvalue weighted by Crippen LogP contribution is -2.38. The highest BCUT2D eigenvalue weighted by atomic mass is 19.1. The molecule has 0 amide bonds. The number of aliphatic hydroxyl groups is 1. The van der Waals surface area contributed by atoms with Gasteiger partial charge in [-0.05, 0) is 18.9 Å². The monoisotopic (exact) mass is 277 g/mol. The number of rotatable bonds is 2. The number of aromatic nitrogens is 2. The Bertz CT molecular complexity index is 635. The van der Waals surface area contributed by atoms with Gasteiger partial charge >= 0.3 is 0 Å². The molecule has 3 rings (SSSR count). The molecule has 6 heteroatoms. The van der Waals surface area contributed by atoms with Crippen LogP contribution in [-0.2, 0) is 0 Å². The summed E-state index contributed by atoms with van der Waals surface area (Å²) in [5, 5.41) is 10.5. The van der Waals surface area contributed by atoms with Gasteiger partial charge in [0.15, 0.2) is 11.6 Å². The Morgan fingerprint density at radius 2 is 2.25 bits per heavy atom. The Kier molecular flexibility index (Phi) is 3.40. The summed E-state index contributed by atoms with van der Waals surface area (Å²) in [5.41, 5.74) is 0.536. The molecule has 2 heterocycles. The van der Waals surface area contributed by atoms with E-state index in [2.05, 4.69) is 9.97 Å². The first kappa shape index (κ1) is 13.1. The summed E-state index contributed by atoms with van der Waals surface area (Å²) in [4.78, 5) is 10.4. The van der Waals surface area contributed by atoms with E-state index in [4.69, 9.17) is 4.74 Å². The topological polar surface area (TPSA) is 58.5 Å². The number of halogens is 1. The molecule has 0 spiro atoms. The quantitative estimate of drug-likeness (QED) is 0.906. The highest BCUT2D eigenvalue weighted by Gasteiger charge is 2.21. The van der Waals surface area contributed by atoms with Gasteiger partial charge in [-0.2, -0.15) is 0 Å². The fourth-order valence-corrected chi connectivity index (χ4v) is 2.60. The van der Waals surface area contributed by atoms with Crippen LogP contribution in [0.1, 0.15) is 12.8 Å². The van der Waals surface area contributed by atoms with Crippen LogP contribution in [0, 0.1) is 5.82 Å². The number of hydrogen-bond donors (Lipinski definition) is 1. The number of nitrogens with zero attached hydrogens (tertiary/aromatic N) is 3. The Morgan fingerprint density at radius 1 is 1.40 bits per heavy atom. The van der Waals surface area contributed by atoms with Crippen molar-refractivity contribution in [1.29, 1.82) is 0 Å². The van der Waals surface area contributed by atoms with Gasteiger partial charge in [-0.15, -0.1) is 0 Å². The fourth-order valence-electron chi connectivity index (χ4n) is 2.60. The van der Waals surface area contributed by atoms with E-state index in [9.17, 15) is 9.50 Å². The summed E-state index contributed by atoms with van der Waals surface area (Å²) in [5.74, 6) is 0.446. The van der Waals surface area contributed by atoms with Gasteiger partial charge < -0.3 is 14.7 Å². The molecule has 1 saturated heterocycles. The second kappa shape index (κ2) is 5.20. The van der Waals surface area contributed by atoms with E-state index in [0.29, 0.717) is 17.9 Å². The lowest BCUT2D eigenvalue weighted by atomic mass is 10.1. The molecule has 5 nitrogen and oxygen atoms in total. The third-order valence-corrected chi connectivity index (χ3v) is 3.58. The van der Waals surface area contributed by atoms with Crippen LogP contribution in [0.2, 0.25) is 0 Å². The lowest BCUT2D eigenvalue weighted by Gasteiger charge is -2.31. The van der Waals surface area contributed by atoms with E-state index in [1.165, 1.54) is 19.5 Å². The van der Waals surface area contributed by atoms with Gasteiger partial charge in [0.25, 0.3) is 0 Å². The van der Waals surface area contributed by atoms with Crippen LogP contribution < -0.4 is 9.64 Å². The Hall–Kier alpha value is -1.95. The van der Waals surface area contributed by atoms with E-state index in [1.807, 2.05) is 4.90 Å². The Morgan fingerprint density at radius 3 is 3.00 bits per heavy atom. The number of benzene rings is 1. The van der Waals surface area contributed by atoms with Crippen molar-refractivity contribution in [2.24, 2.45) is 0 Å². The number of aliphatic hydroxyl groups excluding tert-OH is 1. The molecule has 2 aromatic rings. The van der Waals surface area contributed by atoms with Crippen molar-refractivity contribution in [3.8, 4) is 5.75 Å². The van der Waals surface area contributed by atoms with Crippen molar-refractivity contribution in [2.45, 2.75) is 18.9 Å². The summed E-state index contributed by atoms with van der Waals surface area (Å²) >= 11 is 0. The largest absolute Gasteiger partial charge is 0.494 e. The van der Waals surface area contributed by atoms with Crippen molar-refractivity contribution < 1.29 is 14.2 Å². The third-order valence-electron chi connectivity index (χ3n) is 3.58. The molecule has 1 aromatic heterocycles. The second-order valence-corrected chi connectivity index (χ2v) is 4.94. The molecule has 106 valence electrons. The number of anilines is 1. The van der Waals surface area contributed by atoms with E-state index in [0.717, 1.165) is 24.8 Å².